The van der Waals surface area contributed by atoms with Crippen molar-refractivity contribution in [3.63, 3.8) is 0 Å². The first-order valence-electron chi connectivity index (χ1n) is 8.37. The maximum Gasteiger partial charge on any atom is 0.151 e. The van der Waals surface area contributed by atoms with E-state index in [1.165, 1.54) is 18.2 Å². The summed E-state index contributed by atoms with van der Waals surface area (Å²) in [6.07, 6.45) is 1.26. The molecule has 0 aliphatic carbocycles. The highest BCUT2D eigenvalue weighted by Crippen LogP contribution is 2.49. The molecular formula is C19H18N2O5. The molecule has 4 rings (SSSR count). The molecule has 0 saturated carbocycles. The van der Waals surface area contributed by atoms with Crippen molar-refractivity contribution < 1.29 is 25.5 Å². The smallest absolute Gasteiger partial charge is 0.151 e. The summed E-state index contributed by atoms with van der Waals surface area (Å²) in [6, 6.07) is 3.81. The number of rotatable bonds is 2. The van der Waals surface area contributed by atoms with Crippen LogP contribution >= 0.6 is 0 Å². The number of benzene rings is 3. The van der Waals surface area contributed by atoms with Gasteiger partial charge in [-0.05, 0) is 25.0 Å². The summed E-state index contributed by atoms with van der Waals surface area (Å²) in [6.45, 7) is 3.89. The van der Waals surface area contributed by atoms with E-state index in [0.717, 1.165) is 0 Å². The molecule has 1 aliphatic heterocycles. The normalized spacial score (nSPS) is 15.0. The van der Waals surface area contributed by atoms with E-state index >= 15 is 0 Å². The van der Waals surface area contributed by atoms with Crippen molar-refractivity contribution in [2.45, 2.75) is 32.4 Å². The van der Waals surface area contributed by atoms with Crippen molar-refractivity contribution in [2.24, 2.45) is 9.98 Å². The third kappa shape index (κ3) is 1.88. The molecule has 0 saturated heterocycles. The summed E-state index contributed by atoms with van der Waals surface area (Å²) in [5.74, 6) is -1.75. The Bertz CT molecular complexity index is 1210. The van der Waals surface area contributed by atoms with Crippen molar-refractivity contribution in [3.05, 3.63) is 28.9 Å². The zero-order valence-electron chi connectivity index (χ0n) is 14.3. The third-order valence-corrected chi connectivity index (χ3v) is 5.15. The summed E-state index contributed by atoms with van der Waals surface area (Å²) < 4.78 is 0. The second-order valence-corrected chi connectivity index (χ2v) is 6.48. The lowest BCUT2D eigenvalue weighted by Gasteiger charge is -2.18. The topological polar surface area (TPSA) is 126 Å². The fourth-order valence-corrected chi connectivity index (χ4v) is 3.65. The van der Waals surface area contributed by atoms with Crippen LogP contribution in [0.3, 0.4) is 0 Å². The average molecular weight is 354 g/mol. The van der Waals surface area contributed by atoms with E-state index in [-0.39, 0.29) is 44.5 Å². The van der Waals surface area contributed by atoms with Crippen molar-refractivity contribution in [3.8, 4) is 28.7 Å². The molecule has 0 fully saturated rings. The number of fused-ring (bicyclic) bond motifs is 4. The molecule has 0 bridgehead atoms. The minimum atomic E-state index is -0.694. The van der Waals surface area contributed by atoms with E-state index in [2.05, 4.69) is 9.98 Å². The molecule has 134 valence electrons. The lowest BCUT2D eigenvalue weighted by atomic mass is 9.98. The van der Waals surface area contributed by atoms with Crippen LogP contribution < -0.4 is 10.7 Å². The van der Waals surface area contributed by atoms with E-state index in [0.29, 0.717) is 23.6 Å². The SMILES string of the molecule is CCC1(CC)N=c2cc(O)c3c(O)c4c(O)ccc(O)c4c(O)c3c2=N1. The zero-order valence-corrected chi connectivity index (χ0v) is 14.3. The Morgan fingerprint density at radius 1 is 0.731 bits per heavy atom. The van der Waals surface area contributed by atoms with Crippen LogP contribution in [-0.4, -0.2) is 31.2 Å². The van der Waals surface area contributed by atoms with Gasteiger partial charge in [-0.1, -0.05) is 13.8 Å². The minimum absolute atomic E-state index is 0.0448. The van der Waals surface area contributed by atoms with E-state index in [1.807, 2.05) is 13.8 Å². The summed E-state index contributed by atoms with van der Waals surface area (Å²) in [4.78, 5) is 9.25. The van der Waals surface area contributed by atoms with Crippen LogP contribution in [0.15, 0.2) is 28.2 Å². The van der Waals surface area contributed by atoms with Crippen LogP contribution in [0.25, 0.3) is 21.5 Å². The Hall–Kier alpha value is -3.22. The largest absolute Gasteiger partial charge is 0.507 e. The fourth-order valence-electron chi connectivity index (χ4n) is 3.65. The first-order valence-corrected chi connectivity index (χ1v) is 8.37. The molecule has 7 nitrogen and oxygen atoms in total. The van der Waals surface area contributed by atoms with E-state index in [4.69, 9.17) is 0 Å². The van der Waals surface area contributed by atoms with Gasteiger partial charge >= 0.3 is 0 Å². The second-order valence-electron chi connectivity index (χ2n) is 6.48. The second kappa shape index (κ2) is 5.14. The van der Waals surface area contributed by atoms with Gasteiger partial charge in [-0.2, -0.15) is 0 Å². The predicted molar refractivity (Wildman–Crippen MR) is 95.4 cm³/mol. The summed E-state index contributed by atoms with van der Waals surface area (Å²) in [7, 11) is 0. The van der Waals surface area contributed by atoms with E-state index in [9.17, 15) is 25.5 Å². The first-order chi connectivity index (χ1) is 12.3. The fraction of sp³-hybridized carbons (Fsp3) is 0.263. The van der Waals surface area contributed by atoms with Crippen molar-refractivity contribution in [2.75, 3.05) is 0 Å². The van der Waals surface area contributed by atoms with Crippen molar-refractivity contribution >= 4 is 21.5 Å². The molecule has 0 atom stereocenters. The Labute approximate surface area is 147 Å². The van der Waals surface area contributed by atoms with Gasteiger partial charge in [0.05, 0.1) is 32.3 Å². The Morgan fingerprint density at radius 2 is 1.23 bits per heavy atom. The molecule has 3 aromatic rings. The van der Waals surface area contributed by atoms with Gasteiger partial charge in [-0.15, -0.1) is 0 Å². The predicted octanol–water partition coefficient (Wildman–Crippen LogP) is 2.29. The molecule has 1 aliphatic rings. The number of hydrogen-bond acceptors (Lipinski definition) is 7. The molecule has 3 aromatic carbocycles. The lowest BCUT2D eigenvalue weighted by molar-refractivity contribution is 0.416. The van der Waals surface area contributed by atoms with Crippen LogP contribution in [0.5, 0.6) is 28.7 Å². The number of nitrogens with zero attached hydrogens (tertiary/aromatic N) is 2. The van der Waals surface area contributed by atoms with Crippen molar-refractivity contribution in [1.82, 2.24) is 0 Å². The van der Waals surface area contributed by atoms with Crippen LogP contribution in [0.1, 0.15) is 26.7 Å². The highest BCUT2D eigenvalue weighted by molar-refractivity contribution is 6.16. The molecule has 1 heterocycles. The Kier molecular flexibility index (Phi) is 3.21. The third-order valence-electron chi connectivity index (χ3n) is 5.15. The lowest BCUT2D eigenvalue weighted by Crippen LogP contribution is -2.22. The van der Waals surface area contributed by atoms with Gasteiger partial charge in [0, 0.05) is 6.07 Å². The highest BCUT2D eigenvalue weighted by Gasteiger charge is 2.30. The molecule has 0 aromatic heterocycles. The molecule has 0 amide bonds. The van der Waals surface area contributed by atoms with Crippen molar-refractivity contribution in [1.29, 1.82) is 0 Å². The zero-order chi connectivity index (χ0) is 18.8. The van der Waals surface area contributed by atoms with Crippen LogP contribution in [0.2, 0.25) is 0 Å². The van der Waals surface area contributed by atoms with E-state index in [1.54, 1.807) is 0 Å². The van der Waals surface area contributed by atoms with Crippen LogP contribution in [-0.2, 0) is 0 Å². The Morgan fingerprint density at radius 3 is 1.77 bits per heavy atom. The quantitative estimate of drug-likeness (QED) is 0.357. The number of aromatic hydroxyl groups is 5. The van der Waals surface area contributed by atoms with Crippen LogP contribution in [0, 0.1) is 0 Å². The van der Waals surface area contributed by atoms with Gasteiger partial charge in [0.1, 0.15) is 28.7 Å². The number of phenols is 5. The molecular weight excluding hydrogens is 336 g/mol. The van der Waals surface area contributed by atoms with Gasteiger partial charge in [0.2, 0.25) is 0 Å². The monoisotopic (exact) mass is 354 g/mol. The van der Waals surface area contributed by atoms with Gasteiger partial charge < -0.3 is 25.5 Å². The standard InChI is InChI=1S/C19H18N2O5/c1-3-19(4-2)20-8-7-11(24)14-15(16(8)21-19)18(26)13-10(23)6-5-9(22)12(13)17(14)25/h5-7,22-26H,3-4H2,1-2H3. The maximum atomic E-state index is 10.8. The maximum absolute atomic E-state index is 10.8. The summed E-state index contributed by atoms with van der Waals surface area (Å²) in [5.41, 5.74) is -0.694. The molecule has 26 heavy (non-hydrogen) atoms. The highest BCUT2D eigenvalue weighted by atomic mass is 16.3. The number of phenolic OH excluding ortho intramolecular Hbond substituents is 5. The average Bonchev–Trinajstić information content (AvgIpc) is 2.99. The van der Waals surface area contributed by atoms with Gasteiger partial charge in [-0.25, -0.2) is 0 Å². The molecule has 5 N–H and O–H groups in total. The molecule has 0 spiro atoms. The molecule has 0 unspecified atom stereocenters. The molecule has 7 heteroatoms. The van der Waals surface area contributed by atoms with Gasteiger partial charge in [0.15, 0.2) is 5.66 Å². The summed E-state index contributed by atoms with van der Waals surface area (Å²) >= 11 is 0. The summed E-state index contributed by atoms with van der Waals surface area (Å²) in [5, 5.41) is 52.8. The van der Waals surface area contributed by atoms with Gasteiger partial charge in [-0.3, -0.25) is 9.98 Å². The first kappa shape index (κ1) is 16.3. The Balaban J connectivity index is 2.34. The number of hydrogen-bond donors (Lipinski definition) is 5. The molecule has 0 radical (unpaired) electrons. The van der Waals surface area contributed by atoms with Crippen LogP contribution in [0.4, 0.5) is 0 Å². The minimum Gasteiger partial charge on any atom is -0.507 e. The van der Waals surface area contributed by atoms with E-state index < -0.39 is 11.4 Å². The van der Waals surface area contributed by atoms with Gasteiger partial charge in [0.25, 0.3) is 0 Å².